The van der Waals surface area contributed by atoms with Crippen molar-refractivity contribution in [3.8, 4) is 6.07 Å². The number of aliphatic hydroxyl groups is 1. The number of carbonyl (C=O) groups is 1. The van der Waals surface area contributed by atoms with Crippen LogP contribution in [0.4, 0.5) is 33.5 Å². The standard InChI is InChI=1S/C20H17F5N4O2/c1-10-3-16(20(23,24)25)15(8-26)18(27-10)29-9-14(30)7-17(29)19(31)28(2)13-5-11(21)4-12(22)6-13/h3-6,14,17,30H,7,9H2,1-2H3/t14-,17-/m0/s1. The van der Waals surface area contributed by atoms with Gasteiger partial charge in [0, 0.05) is 37.5 Å². The van der Waals surface area contributed by atoms with Crippen LogP contribution < -0.4 is 9.80 Å². The second kappa shape index (κ2) is 8.11. The van der Waals surface area contributed by atoms with E-state index >= 15 is 0 Å². The first-order chi connectivity index (χ1) is 14.4. The Morgan fingerprint density at radius 3 is 2.42 bits per heavy atom. The molecule has 1 aromatic carbocycles. The predicted octanol–water partition coefficient (Wildman–Crippen LogP) is 3.16. The Labute approximate surface area is 174 Å². The summed E-state index contributed by atoms with van der Waals surface area (Å²) < 4.78 is 67.4. The fourth-order valence-electron chi connectivity index (χ4n) is 3.56. The van der Waals surface area contributed by atoms with E-state index in [1.54, 1.807) is 0 Å². The Morgan fingerprint density at radius 2 is 1.87 bits per heavy atom. The molecular formula is C20H17F5N4O2. The Morgan fingerprint density at radius 1 is 1.26 bits per heavy atom. The van der Waals surface area contributed by atoms with Gasteiger partial charge in [-0.2, -0.15) is 18.4 Å². The zero-order valence-corrected chi connectivity index (χ0v) is 16.4. The maximum absolute atomic E-state index is 13.6. The average molecular weight is 440 g/mol. The number of benzene rings is 1. The van der Waals surface area contributed by atoms with E-state index in [-0.39, 0.29) is 30.2 Å². The molecule has 1 amide bonds. The van der Waals surface area contributed by atoms with Gasteiger partial charge in [-0.25, -0.2) is 13.8 Å². The number of aliphatic hydroxyl groups excluding tert-OH is 1. The minimum Gasteiger partial charge on any atom is -0.391 e. The molecule has 1 N–H and O–H groups in total. The minimum atomic E-state index is -4.83. The predicted molar refractivity (Wildman–Crippen MR) is 100 cm³/mol. The number of aromatic nitrogens is 1. The van der Waals surface area contributed by atoms with Crippen molar-refractivity contribution in [3.05, 3.63) is 52.7 Å². The molecule has 1 fully saturated rings. The third-order valence-electron chi connectivity index (χ3n) is 4.95. The van der Waals surface area contributed by atoms with Gasteiger partial charge in [-0.1, -0.05) is 0 Å². The molecule has 11 heteroatoms. The van der Waals surface area contributed by atoms with E-state index in [0.717, 1.165) is 28.0 Å². The zero-order chi connectivity index (χ0) is 23.1. The molecule has 0 radical (unpaired) electrons. The van der Waals surface area contributed by atoms with Crippen molar-refractivity contribution in [2.45, 2.75) is 31.7 Å². The van der Waals surface area contributed by atoms with Crippen molar-refractivity contribution in [1.29, 1.82) is 5.26 Å². The zero-order valence-electron chi connectivity index (χ0n) is 16.4. The monoisotopic (exact) mass is 440 g/mol. The molecular weight excluding hydrogens is 423 g/mol. The quantitative estimate of drug-likeness (QED) is 0.742. The van der Waals surface area contributed by atoms with Crippen molar-refractivity contribution in [2.24, 2.45) is 0 Å². The highest BCUT2D eigenvalue weighted by Crippen LogP contribution is 2.38. The Hall–Kier alpha value is -3.26. The highest BCUT2D eigenvalue weighted by Gasteiger charge is 2.42. The van der Waals surface area contributed by atoms with Gasteiger partial charge in [0.1, 0.15) is 35.1 Å². The van der Waals surface area contributed by atoms with Crippen LogP contribution in [0.3, 0.4) is 0 Å². The van der Waals surface area contributed by atoms with E-state index < -0.39 is 47.0 Å². The van der Waals surface area contributed by atoms with Gasteiger partial charge in [0.05, 0.1) is 11.7 Å². The maximum Gasteiger partial charge on any atom is 0.417 e. The number of nitriles is 1. The van der Waals surface area contributed by atoms with Crippen molar-refractivity contribution in [2.75, 3.05) is 23.4 Å². The molecule has 0 bridgehead atoms. The first-order valence-electron chi connectivity index (χ1n) is 9.09. The van der Waals surface area contributed by atoms with Crippen LogP contribution in [-0.4, -0.2) is 41.7 Å². The number of alkyl halides is 3. The molecule has 0 unspecified atom stereocenters. The molecule has 164 valence electrons. The molecule has 0 aliphatic carbocycles. The number of aryl methyl sites for hydroxylation is 1. The van der Waals surface area contributed by atoms with Gasteiger partial charge in [0.2, 0.25) is 5.91 Å². The lowest BCUT2D eigenvalue weighted by Gasteiger charge is -2.30. The Kier molecular flexibility index (Phi) is 5.87. The van der Waals surface area contributed by atoms with Crippen molar-refractivity contribution < 1.29 is 31.9 Å². The van der Waals surface area contributed by atoms with Gasteiger partial charge < -0.3 is 14.9 Å². The van der Waals surface area contributed by atoms with Crippen LogP contribution in [0, 0.1) is 29.9 Å². The third kappa shape index (κ3) is 4.44. The normalized spacial score (nSPS) is 18.7. The second-order valence-electron chi connectivity index (χ2n) is 7.20. The summed E-state index contributed by atoms with van der Waals surface area (Å²) in [6.07, 6.45) is -6.08. The van der Waals surface area contributed by atoms with Crippen LogP contribution in [-0.2, 0) is 11.0 Å². The largest absolute Gasteiger partial charge is 0.417 e. The number of anilines is 2. The third-order valence-corrected chi connectivity index (χ3v) is 4.95. The number of nitrogens with zero attached hydrogens (tertiary/aromatic N) is 4. The summed E-state index contributed by atoms with van der Waals surface area (Å²) in [5, 5.41) is 19.5. The van der Waals surface area contributed by atoms with Gasteiger partial charge in [-0.3, -0.25) is 4.79 Å². The molecule has 2 aromatic rings. The molecule has 0 saturated carbocycles. The van der Waals surface area contributed by atoms with Crippen LogP contribution in [0.2, 0.25) is 0 Å². The number of likely N-dealkylation sites (N-methyl/N-ethyl adjacent to an activating group) is 1. The smallest absolute Gasteiger partial charge is 0.391 e. The van der Waals surface area contributed by atoms with Crippen LogP contribution in [0.5, 0.6) is 0 Å². The topological polar surface area (TPSA) is 80.5 Å². The van der Waals surface area contributed by atoms with Crippen LogP contribution >= 0.6 is 0 Å². The highest BCUT2D eigenvalue weighted by atomic mass is 19.4. The molecule has 0 spiro atoms. The Balaban J connectivity index is 2.05. The molecule has 2 heterocycles. The fraction of sp³-hybridized carbons (Fsp3) is 0.350. The summed E-state index contributed by atoms with van der Waals surface area (Å²) in [6, 6.07) is 3.49. The molecule has 1 saturated heterocycles. The number of carbonyl (C=O) groups excluding carboxylic acids is 1. The molecule has 1 aliphatic rings. The number of halogens is 5. The van der Waals surface area contributed by atoms with Gasteiger partial charge >= 0.3 is 6.18 Å². The van der Waals surface area contributed by atoms with E-state index in [1.165, 1.54) is 20.0 Å². The van der Waals surface area contributed by atoms with E-state index in [1.807, 2.05) is 0 Å². The molecule has 2 atom stereocenters. The van der Waals surface area contributed by atoms with Gasteiger partial charge in [0.25, 0.3) is 0 Å². The lowest BCUT2D eigenvalue weighted by atomic mass is 10.1. The number of hydrogen-bond donors (Lipinski definition) is 1. The SMILES string of the molecule is Cc1cc(C(F)(F)F)c(C#N)c(N2C[C@@H](O)C[C@H]2C(=O)N(C)c2cc(F)cc(F)c2)n1. The van der Waals surface area contributed by atoms with Gasteiger partial charge in [-0.15, -0.1) is 0 Å². The first kappa shape index (κ1) is 22.4. The molecule has 1 aliphatic heterocycles. The average Bonchev–Trinajstić information content (AvgIpc) is 3.06. The molecule has 31 heavy (non-hydrogen) atoms. The number of amides is 1. The van der Waals surface area contributed by atoms with E-state index in [9.17, 15) is 37.1 Å². The molecule has 6 nitrogen and oxygen atoms in total. The fourth-order valence-corrected chi connectivity index (χ4v) is 3.56. The van der Waals surface area contributed by atoms with Crippen LogP contribution in [0.25, 0.3) is 0 Å². The van der Waals surface area contributed by atoms with Crippen molar-refractivity contribution in [3.63, 3.8) is 0 Å². The van der Waals surface area contributed by atoms with E-state index in [0.29, 0.717) is 6.07 Å². The van der Waals surface area contributed by atoms with Gasteiger partial charge in [-0.05, 0) is 25.1 Å². The molecule has 1 aromatic heterocycles. The van der Waals surface area contributed by atoms with Crippen molar-refractivity contribution in [1.82, 2.24) is 4.98 Å². The van der Waals surface area contributed by atoms with Crippen LogP contribution in [0.1, 0.15) is 23.2 Å². The summed E-state index contributed by atoms with van der Waals surface area (Å²) in [5.41, 5.74) is -2.12. The first-order valence-corrected chi connectivity index (χ1v) is 9.09. The van der Waals surface area contributed by atoms with E-state index in [2.05, 4.69) is 4.98 Å². The minimum absolute atomic E-state index is 0.0329. The number of hydrogen-bond acceptors (Lipinski definition) is 5. The summed E-state index contributed by atoms with van der Waals surface area (Å²) >= 11 is 0. The summed E-state index contributed by atoms with van der Waals surface area (Å²) in [7, 11) is 1.25. The summed E-state index contributed by atoms with van der Waals surface area (Å²) in [4.78, 5) is 19.2. The number of pyridine rings is 1. The summed E-state index contributed by atoms with van der Waals surface area (Å²) in [5.74, 6) is -2.95. The number of rotatable bonds is 3. The lowest BCUT2D eigenvalue weighted by Crippen LogP contribution is -2.45. The maximum atomic E-state index is 13.6. The lowest BCUT2D eigenvalue weighted by molar-refractivity contribution is -0.137. The van der Waals surface area contributed by atoms with Gasteiger partial charge in [0.15, 0.2) is 0 Å². The number of β-amino-alcohol motifs (C(OH)–C–C–N with tert-alkyl or cyclic N) is 1. The van der Waals surface area contributed by atoms with E-state index in [4.69, 9.17) is 0 Å². The molecule has 3 rings (SSSR count). The Bertz CT molecular complexity index is 1050. The second-order valence-corrected chi connectivity index (χ2v) is 7.20. The van der Waals surface area contributed by atoms with Crippen LogP contribution in [0.15, 0.2) is 24.3 Å². The summed E-state index contributed by atoms with van der Waals surface area (Å²) in [6.45, 7) is 1.06. The van der Waals surface area contributed by atoms with Crippen molar-refractivity contribution >= 4 is 17.4 Å². The highest BCUT2D eigenvalue weighted by molar-refractivity contribution is 5.99.